The number of fused-ring (bicyclic) bond motifs is 2. The molecule has 2 aliphatic heterocycles. The van der Waals surface area contributed by atoms with Gasteiger partial charge >= 0.3 is 0 Å². The summed E-state index contributed by atoms with van der Waals surface area (Å²) < 4.78 is 24.8. The van der Waals surface area contributed by atoms with Crippen molar-refractivity contribution in [1.82, 2.24) is 0 Å². The minimum atomic E-state index is -0.474. The molecule has 0 aromatic heterocycles. The number of aliphatic hydroxyl groups is 1. The topological polar surface area (TPSA) is 57.2 Å². The molecule has 0 aromatic rings. The SMILES string of the molecule is CC12CC(O)C3=C4CCC5(CC46CCC36C1CCC21OCCO1)OCCO5. The molecule has 7 rings (SSSR count). The van der Waals surface area contributed by atoms with Gasteiger partial charge < -0.3 is 24.1 Å². The van der Waals surface area contributed by atoms with E-state index in [0.29, 0.717) is 19.1 Å². The molecule has 2 heterocycles. The van der Waals surface area contributed by atoms with E-state index >= 15 is 0 Å². The molecular formula is C22H30O5. The van der Waals surface area contributed by atoms with Crippen LogP contribution in [-0.2, 0) is 18.9 Å². The molecule has 6 fully saturated rings. The third kappa shape index (κ3) is 1.49. The van der Waals surface area contributed by atoms with E-state index < -0.39 is 5.79 Å². The summed E-state index contributed by atoms with van der Waals surface area (Å²) in [5.74, 6) is -0.300. The Morgan fingerprint density at radius 2 is 1.67 bits per heavy atom. The molecule has 4 saturated carbocycles. The molecule has 0 amide bonds. The van der Waals surface area contributed by atoms with Crippen molar-refractivity contribution < 1.29 is 24.1 Å². The Bertz CT molecular complexity index is 748. The van der Waals surface area contributed by atoms with E-state index in [0.717, 1.165) is 51.7 Å². The van der Waals surface area contributed by atoms with Gasteiger partial charge in [0.2, 0.25) is 0 Å². The smallest absolute Gasteiger partial charge is 0.174 e. The molecule has 4 spiro atoms. The molecule has 0 aromatic carbocycles. The summed E-state index contributed by atoms with van der Waals surface area (Å²) in [5, 5.41) is 11.3. The van der Waals surface area contributed by atoms with Crippen molar-refractivity contribution in [2.24, 2.45) is 22.2 Å². The summed E-state index contributed by atoms with van der Waals surface area (Å²) in [6, 6.07) is 0. The van der Waals surface area contributed by atoms with Gasteiger partial charge in [-0.3, -0.25) is 0 Å². The lowest BCUT2D eigenvalue weighted by molar-refractivity contribution is -0.293. The minimum Gasteiger partial charge on any atom is -0.389 e. The first-order valence-electron chi connectivity index (χ1n) is 11.0. The second-order valence-electron chi connectivity index (χ2n) is 10.4. The van der Waals surface area contributed by atoms with Crippen molar-refractivity contribution in [3.8, 4) is 0 Å². The zero-order valence-corrected chi connectivity index (χ0v) is 16.2. The lowest BCUT2D eigenvalue weighted by Crippen LogP contribution is -2.74. The first-order valence-corrected chi connectivity index (χ1v) is 11.0. The van der Waals surface area contributed by atoms with Gasteiger partial charge in [0.15, 0.2) is 11.6 Å². The van der Waals surface area contributed by atoms with E-state index in [9.17, 15) is 5.11 Å². The monoisotopic (exact) mass is 374 g/mol. The first kappa shape index (κ1) is 16.3. The highest BCUT2D eigenvalue weighted by atomic mass is 16.7. The highest BCUT2D eigenvalue weighted by molar-refractivity contribution is 5.55. The van der Waals surface area contributed by atoms with Gasteiger partial charge in [-0.2, -0.15) is 0 Å². The van der Waals surface area contributed by atoms with Crippen LogP contribution in [0.25, 0.3) is 0 Å². The van der Waals surface area contributed by atoms with Gasteiger partial charge in [0, 0.05) is 35.5 Å². The largest absolute Gasteiger partial charge is 0.389 e. The van der Waals surface area contributed by atoms with Gasteiger partial charge in [-0.15, -0.1) is 0 Å². The fraction of sp³-hybridized carbons (Fsp3) is 0.909. The van der Waals surface area contributed by atoms with Gasteiger partial charge in [-0.25, -0.2) is 0 Å². The maximum absolute atomic E-state index is 11.3. The fourth-order valence-corrected chi connectivity index (χ4v) is 9.23. The molecule has 5 unspecified atom stereocenters. The van der Waals surface area contributed by atoms with Crippen molar-refractivity contribution in [1.29, 1.82) is 0 Å². The van der Waals surface area contributed by atoms with Crippen LogP contribution < -0.4 is 0 Å². The predicted molar refractivity (Wildman–Crippen MR) is 95.7 cm³/mol. The van der Waals surface area contributed by atoms with Gasteiger partial charge in [-0.1, -0.05) is 12.5 Å². The number of rotatable bonds is 0. The molecule has 0 bridgehead atoms. The van der Waals surface area contributed by atoms with Crippen LogP contribution in [0.3, 0.4) is 0 Å². The van der Waals surface area contributed by atoms with E-state index in [-0.39, 0.29) is 28.1 Å². The number of ether oxygens (including phenoxy) is 4. The van der Waals surface area contributed by atoms with Gasteiger partial charge in [0.1, 0.15) is 0 Å². The van der Waals surface area contributed by atoms with Crippen molar-refractivity contribution >= 4 is 0 Å². The van der Waals surface area contributed by atoms with Crippen molar-refractivity contribution in [3.05, 3.63) is 11.1 Å². The van der Waals surface area contributed by atoms with E-state index in [1.807, 2.05) is 0 Å². The molecule has 27 heavy (non-hydrogen) atoms. The Balaban J connectivity index is 1.36. The van der Waals surface area contributed by atoms with Crippen LogP contribution in [0.15, 0.2) is 11.1 Å². The van der Waals surface area contributed by atoms with E-state index in [2.05, 4.69) is 6.92 Å². The molecule has 5 atom stereocenters. The van der Waals surface area contributed by atoms with Gasteiger partial charge in [0.05, 0.1) is 32.5 Å². The zero-order valence-electron chi connectivity index (χ0n) is 16.2. The van der Waals surface area contributed by atoms with Gasteiger partial charge in [-0.05, 0) is 43.6 Å². The second kappa shape index (κ2) is 4.65. The lowest BCUT2D eigenvalue weighted by atomic mass is 9.25. The van der Waals surface area contributed by atoms with Crippen LogP contribution in [-0.4, -0.2) is 49.2 Å². The quantitative estimate of drug-likeness (QED) is 0.661. The van der Waals surface area contributed by atoms with E-state index in [1.54, 1.807) is 5.57 Å². The summed E-state index contributed by atoms with van der Waals surface area (Å²) in [5.41, 5.74) is 3.22. The first-order chi connectivity index (χ1) is 13.0. The lowest BCUT2D eigenvalue weighted by Gasteiger charge is -2.79. The Hall–Kier alpha value is -0.460. The molecule has 5 aliphatic carbocycles. The predicted octanol–water partition coefficient (Wildman–Crippen LogP) is 2.91. The molecule has 5 heteroatoms. The average molecular weight is 374 g/mol. The van der Waals surface area contributed by atoms with Crippen LogP contribution in [0.2, 0.25) is 0 Å². The molecule has 2 saturated heterocycles. The number of hydrogen-bond acceptors (Lipinski definition) is 5. The highest BCUT2D eigenvalue weighted by Crippen LogP contribution is 2.87. The Morgan fingerprint density at radius 3 is 2.37 bits per heavy atom. The van der Waals surface area contributed by atoms with Crippen LogP contribution >= 0.6 is 0 Å². The minimum absolute atomic E-state index is 0.104. The summed E-state index contributed by atoms with van der Waals surface area (Å²) in [4.78, 5) is 0. The number of allylic oxidation sites excluding steroid dienone is 1. The van der Waals surface area contributed by atoms with Crippen LogP contribution in [0.4, 0.5) is 0 Å². The Labute approximate surface area is 160 Å². The number of hydrogen-bond donors (Lipinski definition) is 1. The summed E-state index contributed by atoms with van der Waals surface area (Å²) in [6.45, 7) is 5.17. The fourth-order valence-electron chi connectivity index (χ4n) is 9.23. The van der Waals surface area contributed by atoms with Crippen molar-refractivity contribution in [3.63, 3.8) is 0 Å². The normalized spacial score (nSPS) is 53.6. The molecule has 7 aliphatic rings. The maximum atomic E-state index is 11.3. The standard InChI is InChI=1S/C22H30O5/c1-18-12-15(23)17-14-2-4-20(24-8-9-25-20)13-19(14)6-7-21(17,19)16(18)3-5-22(18)26-10-11-27-22/h15-16,23H,2-13H2,1H3. The second-order valence-corrected chi connectivity index (χ2v) is 10.4. The molecule has 0 radical (unpaired) electrons. The van der Waals surface area contributed by atoms with Crippen molar-refractivity contribution in [2.45, 2.75) is 76.0 Å². The molecule has 5 nitrogen and oxygen atoms in total. The highest BCUT2D eigenvalue weighted by Gasteiger charge is 2.82. The van der Waals surface area contributed by atoms with Crippen LogP contribution in [0.5, 0.6) is 0 Å². The summed E-state index contributed by atoms with van der Waals surface area (Å²) in [6.07, 6.45) is 7.99. The summed E-state index contributed by atoms with van der Waals surface area (Å²) >= 11 is 0. The van der Waals surface area contributed by atoms with E-state index in [1.165, 1.54) is 18.4 Å². The Morgan fingerprint density at radius 1 is 0.926 bits per heavy atom. The average Bonchev–Trinajstić information content (AvgIpc) is 3.36. The number of aliphatic hydroxyl groups excluding tert-OH is 1. The van der Waals surface area contributed by atoms with Crippen LogP contribution in [0, 0.1) is 22.2 Å². The molecule has 148 valence electrons. The third-order valence-electron chi connectivity index (χ3n) is 10.0. The van der Waals surface area contributed by atoms with Crippen LogP contribution in [0.1, 0.15) is 58.3 Å². The molecule has 1 N–H and O–H groups in total. The molecular weight excluding hydrogens is 344 g/mol. The third-order valence-corrected chi connectivity index (χ3v) is 10.0. The van der Waals surface area contributed by atoms with Crippen molar-refractivity contribution in [2.75, 3.05) is 26.4 Å². The summed E-state index contributed by atoms with van der Waals surface area (Å²) in [7, 11) is 0. The van der Waals surface area contributed by atoms with Gasteiger partial charge in [0.25, 0.3) is 0 Å². The maximum Gasteiger partial charge on any atom is 0.174 e. The zero-order chi connectivity index (χ0) is 18.1. The van der Waals surface area contributed by atoms with E-state index in [4.69, 9.17) is 18.9 Å². The Kier molecular flexibility index (Phi) is 2.81.